The van der Waals surface area contributed by atoms with Crippen LogP contribution in [-0.2, 0) is 7.05 Å². The van der Waals surface area contributed by atoms with Gasteiger partial charge in [0.2, 0.25) is 0 Å². The molecule has 3 amide bonds. The number of hydrogen-bond acceptors (Lipinski definition) is 4. The van der Waals surface area contributed by atoms with E-state index >= 15 is 0 Å². The van der Waals surface area contributed by atoms with Crippen LogP contribution >= 0.6 is 0 Å². The predicted molar refractivity (Wildman–Crippen MR) is 102 cm³/mol. The Morgan fingerprint density at radius 2 is 2.15 bits per heavy atom. The third kappa shape index (κ3) is 3.40. The third-order valence-electron chi connectivity index (χ3n) is 5.15. The quantitative estimate of drug-likeness (QED) is 0.851. The summed E-state index contributed by atoms with van der Waals surface area (Å²) in [7, 11) is 1.94. The molecule has 2 aliphatic heterocycles. The van der Waals surface area contributed by atoms with Crippen molar-refractivity contribution in [2.75, 3.05) is 37.6 Å². The number of rotatable bonds is 3. The molecule has 2 aromatic rings. The van der Waals surface area contributed by atoms with Gasteiger partial charge in [0, 0.05) is 63.4 Å². The second kappa shape index (κ2) is 7.40. The average molecular weight is 368 g/mol. The van der Waals surface area contributed by atoms with Gasteiger partial charge in [0.05, 0.1) is 0 Å². The fourth-order valence-corrected chi connectivity index (χ4v) is 3.72. The summed E-state index contributed by atoms with van der Waals surface area (Å²) >= 11 is 0. The van der Waals surface area contributed by atoms with Crippen molar-refractivity contribution in [3.63, 3.8) is 0 Å². The molecule has 0 saturated carbocycles. The van der Waals surface area contributed by atoms with Gasteiger partial charge in [-0.1, -0.05) is 6.07 Å². The number of benzene rings is 1. The number of amides is 3. The van der Waals surface area contributed by atoms with Gasteiger partial charge in [-0.15, -0.1) is 0 Å². The highest BCUT2D eigenvalue weighted by molar-refractivity contribution is 5.98. The van der Waals surface area contributed by atoms with Crippen molar-refractivity contribution in [2.45, 2.75) is 12.5 Å². The molecule has 4 rings (SSSR count). The molecule has 8 heteroatoms. The van der Waals surface area contributed by atoms with Crippen LogP contribution in [-0.4, -0.2) is 59.1 Å². The molecule has 0 bridgehead atoms. The van der Waals surface area contributed by atoms with Crippen LogP contribution in [0.2, 0.25) is 0 Å². The maximum Gasteiger partial charge on any atom is 0.321 e. The highest BCUT2D eigenvalue weighted by Gasteiger charge is 2.31. The monoisotopic (exact) mass is 368 g/mol. The number of anilines is 1. The Balaban J connectivity index is 1.60. The van der Waals surface area contributed by atoms with Gasteiger partial charge >= 0.3 is 6.03 Å². The Hall–Kier alpha value is -2.87. The Bertz CT molecular complexity index is 848. The molecule has 2 saturated heterocycles. The third-order valence-corrected chi connectivity index (χ3v) is 5.15. The summed E-state index contributed by atoms with van der Waals surface area (Å²) in [4.78, 5) is 33.4. The lowest BCUT2D eigenvalue weighted by Crippen LogP contribution is -2.49. The number of nitrogens with one attached hydrogen (secondary N) is 2. The van der Waals surface area contributed by atoms with Crippen molar-refractivity contribution in [1.29, 1.82) is 0 Å². The van der Waals surface area contributed by atoms with Crippen molar-refractivity contribution in [3.05, 3.63) is 48.0 Å². The number of aryl methyl sites for hydroxylation is 1. The molecular weight excluding hydrogens is 344 g/mol. The summed E-state index contributed by atoms with van der Waals surface area (Å²) in [6.45, 7) is 3.39. The number of urea groups is 1. The van der Waals surface area contributed by atoms with Gasteiger partial charge in [-0.3, -0.25) is 9.69 Å². The molecule has 2 N–H and O–H groups in total. The van der Waals surface area contributed by atoms with Crippen LogP contribution in [0.1, 0.15) is 28.6 Å². The van der Waals surface area contributed by atoms with E-state index in [1.54, 1.807) is 11.1 Å². The zero-order valence-electron chi connectivity index (χ0n) is 15.4. The normalized spacial score (nSPS) is 20.5. The van der Waals surface area contributed by atoms with Gasteiger partial charge in [-0.05, 0) is 24.6 Å². The molecule has 0 aliphatic carbocycles. The first-order valence-electron chi connectivity index (χ1n) is 9.29. The Kier molecular flexibility index (Phi) is 4.81. The summed E-state index contributed by atoms with van der Waals surface area (Å²) in [5.74, 6) is 0.825. The maximum atomic E-state index is 13.3. The molecular formula is C19H24N6O2. The summed E-state index contributed by atoms with van der Waals surface area (Å²) < 4.78 is 1.95. The van der Waals surface area contributed by atoms with E-state index in [9.17, 15) is 9.59 Å². The molecule has 1 atom stereocenters. The fraction of sp³-hybridized carbons (Fsp3) is 0.421. The minimum absolute atomic E-state index is 0.0382. The van der Waals surface area contributed by atoms with E-state index in [2.05, 4.69) is 15.6 Å². The van der Waals surface area contributed by atoms with Crippen LogP contribution in [0.5, 0.6) is 0 Å². The Labute approximate surface area is 158 Å². The van der Waals surface area contributed by atoms with Crippen molar-refractivity contribution in [2.24, 2.45) is 7.05 Å². The van der Waals surface area contributed by atoms with E-state index in [1.807, 2.05) is 47.0 Å². The molecule has 27 heavy (non-hydrogen) atoms. The smallest absolute Gasteiger partial charge is 0.321 e. The molecule has 0 radical (unpaired) electrons. The molecule has 1 aromatic heterocycles. The summed E-state index contributed by atoms with van der Waals surface area (Å²) in [5.41, 5.74) is 1.34. The van der Waals surface area contributed by atoms with E-state index in [0.717, 1.165) is 24.5 Å². The number of hydrogen-bond donors (Lipinski definition) is 2. The highest BCUT2D eigenvalue weighted by atomic mass is 16.2. The van der Waals surface area contributed by atoms with Crippen LogP contribution in [0.15, 0.2) is 36.7 Å². The number of piperazine rings is 1. The maximum absolute atomic E-state index is 13.3. The summed E-state index contributed by atoms with van der Waals surface area (Å²) in [6.07, 6.45) is 4.54. The number of carbonyl (C=O) groups excluding carboxylic acids is 2. The van der Waals surface area contributed by atoms with E-state index in [0.29, 0.717) is 31.7 Å². The van der Waals surface area contributed by atoms with Crippen LogP contribution in [0.3, 0.4) is 0 Å². The van der Waals surface area contributed by atoms with E-state index in [1.165, 1.54) is 0 Å². The highest BCUT2D eigenvalue weighted by Crippen LogP contribution is 2.25. The van der Waals surface area contributed by atoms with Crippen molar-refractivity contribution >= 4 is 17.6 Å². The zero-order valence-corrected chi connectivity index (χ0v) is 15.4. The largest absolute Gasteiger partial charge is 0.338 e. The van der Waals surface area contributed by atoms with E-state index < -0.39 is 0 Å². The topological polar surface area (TPSA) is 82.5 Å². The first-order valence-corrected chi connectivity index (χ1v) is 9.29. The lowest BCUT2D eigenvalue weighted by Gasteiger charge is -2.36. The average Bonchev–Trinajstić information content (AvgIpc) is 3.13. The van der Waals surface area contributed by atoms with Gasteiger partial charge < -0.3 is 20.1 Å². The van der Waals surface area contributed by atoms with Crippen molar-refractivity contribution in [1.82, 2.24) is 25.1 Å². The van der Waals surface area contributed by atoms with Gasteiger partial charge in [0.25, 0.3) is 5.91 Å². The van der Waals surface area contributed by atoms with Crippen LogP contribution in [0, 0.1) is 0 Å². The van der Waals surface area contributed by atoms with Crippen molar-refractivity contribution in [3.8, 4) is 0 Å². The number of aromatic nitrogens is 2. The van der Waals surface area contributed by atoms with Crippen LogP contribution < -0.4 is 15.5 Å². The lowest BCUT2D eigenvalue weighted by atomic mass is 10.1. The number of nitrogens with zero attached hydrogens (tertiary/aromatic N) is 4. The number of carbonyl (C=O) groups is 2. The zero-order chi connectivity index (χ0) is 18.8. The first kappa shape index (κ1) is 17.5. The summed E-state index contributed by atoms with van der Waals surface area (Å²) in [6, 6.07) is 7.10. The Morgan fingerprint density at radius 3 is 2.93 bits per heavy atom. The molecule has 2 fully saturated rings. The second-order valence-corrected chi connectivity index (χ2v) is 6.90. The fourth-order valence-electron chi connectivity index (χ4n) is 3.72. The molecule has 1 unspecified atom stereocenters. The molecule has 0 spiro atoms. The van der Waals surface area contributed by atoms with E-state index in [-0.39, 0.29) is 18.0 Å². The van der Waals surface area contributed by atoms with Gasteiger partial charge in [0.15, 0.2) is 0 Å². The Morgan fingerprint density at radius 1 is 1.26 bits per heavy atom. The SMILES string of the molecule is Cn1ccnc1C1CNCCN1C(=O)c1cccc(N2CCCNC2=O)c1. The molecule has 1 aromatic carbocycles. The minimum Gasteiger partial charge on any atom is -0.338 e. The van der Waals surface area contributed by atoms with E-state index in [4.69, 9.17) is 0 Å². The van der Waals surface area contributed by atoms with Gasteiger partial charge in [-0.25, -0.2) is 9.78 Å². The molecule has 8 nitrogen and oxygen atoms in total. The predicted octanol–water partition coefficient (Wildman–Crippen LogP) is 1.13. The van der Waals surface area contributed by atoms with Gasteiger partial charge in [-0.2, -0.15) is 0 Å². The minimum atomic E-state index is -0.117. The van der Waals surface area contributed by atoms with Gasteiger partial charge in [0.1, 0.15) is 11.9 Å². The van der Waals surface area contributed by atoms with Crippen molar-refractivity contribution < 1.29 is 9.59 Å². The second-order valence-electron chi connectivity index (χ2n) is 6.90. The number of imidazole rings is 1. The van der Waals surface area contributed by atoms with Crippen LogP contribution in [0.4, 0.5) is 10.5 Å². The standard InChI is InChI=1S/C19H24N6O2/c1-23-10-8-21-17(23)16-13-20-7-11-25(16)18(26)14-4-2-5-15(12-14)24-9-3-6-22-19(24)27/h2,4-5,8,10,12,16,20H,3,6-7,9,11,13H2,1H3,(H,22,27). The first-order chi connectivity index (χ1) is 13.1. The van der Waals surface area contributed by atoms with Crippen LogP contribution in [0.25, 0.3) is 0 Å². The summed E-state index contributed by atoms with van der Waals surface area (Å²) in [5, 5.41) is 6.19. The molecule has 2 aliphatic rings. The molecule has 142 valence electrons. The molecule has 3 heterocycles. The lowest BCUT2D eigenvalue weighted by molar-refractivity contribution is 0.0621.